The van der Waals surface area contributed by atoms with Gasteiger partial charge in [-0.15, -0.1) is 11.8 Å². The van der Waals surface area contributed by atoms with E-state index in [9.17, 15) is 9.59 Å². The fourth-order valence-corrected chi connectivity index (χ4v) is 3.77. The Kier molecular flexibility index (Phi) is 7.88. The van der Waals surface area contributed by atoms with Crippen molar-refractivity contribution < 1.29 is 14.3 Å². The lowest BCUT2D eigenvalue weighted by Crippen LogP contribution is -2.26. The van der Waals surface area contributed by atoms with Crippen molar-refractivity contribution in [3.05, 3.63) is 71.3 Å². The zero-order valence-corrected chi connectivity index (χ0v) is 18.2. The number of carbonyl (C=O) groups is 2. The molecule has 150 valence electrons. The smallest absolute Gasteiger partial charge is 0.319 e. The molecule has 4 heteroatoms. The molecule has 0 amide bonds. The molecule has 3 nitrogen and oxygen atoms in total. The van der Waals surface area contributed by atoms with E-state index in [0.29, 0.717) is 11.3 Å². The fraction of sp³-hybridized carbons (Fsp3) is 0.417. The molecule has 0 N–H and O–H groups in total. The minimum Gasteiger partial charge on any atom is -0.462 e. The molecule has 0 aliphatic carbocycles. The number of esters is 1. The van der Waals surface area contributed by atoms with E-state index in [0.717, 1.165) is 5.56 Å². The number of carbonyl (C=O) groups excluding carboxylic acids is 2. The van der Waals surface area contributed by atoms with Gasteiger partial charge in [0.05, 0.1) is 6.10 Å². The Labute approximate surface area is 172 Å². The van der Waals surface area contributed by atoms with Crippen molar-refractivity contribution in [3.63, 3.8) is 0 Å². The van der Waals surface area contributed by atoms with Gasteiger partial charge in [0.2, 0.25) is 0 Å². The summed E-state index contributed by atoms with van der Waals surface area (Å²) in [5, 5.41) is -0.516. The van der Waals surface area contributed by atoms with E-state index in [2.05, 4.69) is 45.0 Å². The van der Waals surface area contributed by atoms with E-state index in [-0.39, 0.29) is 29.7 Å². The van der Waals surface area contributed by atoms with Crippen molar-refractivity contribution >= 4 is 23.5 Å². The summed E-state index contributed by atoms with van der Waals surface area (Å²) in [5.74, 6) is 0.294. The predicted octanol–water partition coefficient (Wildman–Crippen LogP) is 5.81. The molecule has 28 heavy (non-hydrogen) atoms. The summed E-state index contributed by atoms with van der Waals surface area (Å²) >= 11 is 1.47. The molecule has 1 atom stereocenters. The third-order valence-corrected chi connectivity index (χ3v) is 5.61. The molecule has 0 spiro atoms. The first-order chi connectivity index (χ1) is 13.2. The molecule has 0 heterocycles. The summed E-state index contributed by atoms with van der Waals surface area (Å²) in [6.07, 6.45) is -0.0613. The fourth-order valence-electron chi connectivity index (χ4n) is 2.73. The molecule has 2 aromatic carbocycles. The number of thioether (sulfide) groups is 1. The van der Waals surface area contributed by atoms with E-state index in [1.807, 2.05) is 32.0 Å². The normalized spacial score (nSPS) is 12.6. The number of benzene rings is 2. The van der Waals surface area contributed by atoms with Gasteiger partial charge in [-0.25, -0.2) is 0 Å². The molecule has 0 fully saturated rings. The molecule has 0 saturated heterocycles. The average Bonchev–Trinajstić information content (AvgIpc) is 2.64. The molecule has 0 radical (unpaired) electrons. The Hall–Kier alpha value is -2.07. The summed E-state index contributed by atoms with van der Waals surface area (Å²) in [6.45, 7) is 10.2. The Bertz CT molecular complexity index is 774. The Morgan fingerprint density at radius 1 is 0.964 bits per heavy atom. The molecule has 2 rings (SSSR count). The first-order valence-electron chi connectivity index (χ1n) is 9.66. The van der Waals surface area contributed by atoms with Gasteiger partial charge in [0.1, 0.15) is 5.25 Å². The molecule has 0 unspecified atom stereocenters. The lowest BCUT2D eigenvalue weighted by Gasteiger charge is -2.20. The Balaban J connectivity index is 2.07. The van der Waals surface area contributed by atoms with Crippen LogP contribution in [0.3, 0.4) is 0 Å². The second kappa shape index (κ2) is 9.92. The van der Waals surface area contributed by atoms with Crippen LogP contribution in [-0.2, 0) is 20.7 Å². The van der Waals surface area contributed by atoms with Gasteiger partial charge in [-0.1, -0.05) is 75.4 Å². The Morgan fingerprint density at radius 3 is 2.11 bits per heavy atom. The second-order valence-corrected chi connectivity index (χ2v) is 9.42. The first-order valence-corrected chi connectivity index (χ1v) is 10.7. The van der Waals surface area contributed by atoms with Gasteiger partial charge in [-0.2, -0.15) is 0 Å². The third kappa shape index (κ3) is 6.83. The van der Waals surface area contributed by atoms with Gasteiger partial charge >= 0.3 is 5.97 Å². The molecule has 0 aliphatic heterocycles. The third-order valence-electron chi connectivity index (χ3n) is 4.35. The van der Waals surface area contributed by atoms with Crippen LogP contribution in [-0.4, -0.2) is 23.1 Å². The summed E-state index contributed by atoms with van der Waals surface area (Å²) in [4.78, 5) is 25.1. The molecular formula is C24H30O3S. The molecule has 0 aliphatic rings. The van der Waals surface area contributed by atoms with Gasteiger partial charge in [0.25, 0.3) is 0 Å². The minimum atomic E-state index is -0.516. The van der Waals surface area contributed by atoms with E-state index in [1.54, 1.807) is 12.1 Å². The summed E-state index contributed by atoms with van der Waals surface area (Å²) < 4.78 is 5.39. The highest BCUT2D eigenvalue weighted by Crippen LogP contribution is 2.26. The maximum absolute atomic E-state index is 12.6. The van der Waals surface area contributed by atoms with Crippen LogP contribution in [0, 0.1) is 0 Å². The van der Waals surface area contributed by atoms with Crippen LogP contribution in [0.25, 0.3) is 0 Å². The van der Waals surface area contributed by atoms with Crippen LogP contribution >= 0.6 is 11.8 Å². The lowest BCUT2D eigenvalue weighted by atomic mass is 9.87. The maximum Gasteiger partial charge on any atom is 0.319 e. The van der Waals surface area contributed by atoms with Gasteiger partial charge in [0, 0.05) is 17.7 Å². The largest absolute Gasteiger partial charge is 0.462 e. The van der Waals surface area contributed by atoms with E-state index in [1.165, 1.54) is 17.3 Å². The highest BCUT2D eigenvalue weighted by molar-refractivity contribution is 7.99. The van der Waals surface area contributed by atoms with Crippen molar-refractivity contribution in [2.45, 2.75) is 63.6 Å². The van der Waals surface area contributed by atoms with Crippen molar-refractivity contribution in [1.29, 1.82) is 0 Å². The zero-order chi connectivity index (χ0) is 20.7. The monoisotopic (exact) mass is 398 g/mol. The standard InChI is InChI=1S/C24H30O3S/c1-17(2)27-23(26)22(15-21(25)19-9-7-6-8-10-19)28-16-18-11-13-20(14-12-18)24(3,4)5/h6-14,17,22H,15-16H2,1-5H3/t22-/m0/s1. The molecular weight excluding hydrogens is 368 g/mol. The van der Waals surface area contributed by atoms with Crippen LogP contribution in [0.15, 0.2) is 54.6 Å². The number of rotatable bonds is 8. The molecule has 0 saturated carbocycles. The highest BCUT2D eigenvalue weighted by Gasteiger charge is 2.25. The second-order valence-electron chi connectivity index (χ2n) is 8.23. The zero-order valence-electron chi connectivity index (χ0n) is 17.4. The van der Waals surface area contributed by atoms with Crippen LogP contribution < -0.4 is 0 Å². The van der Waals surface area contributed by atoms with Crippen LogP contribution in [0.1, 0.15) is 62.5 Å². The van der Waals surface area contributed by atoms with Gasteiger partial charge in [0.15, 0.2) is 5.78 Å². The van der Waals surface area contributed by atoms with Crippen molar-refractivity contribution in [1.82, 2.24) is 0 Å². The van der Waals surface area contributed by atoms with Crippen molar-refractivity contribution in [2.24, 2.45) is 0 Å². The average molecular weight is 399 g/mol. The SMILES string of the molecule is CC(C)OC(=O)[C@H](CC(=O)c1ccccc1)SCc1ccc(C(C)(C)C)cc1. The molecule has 2 aromatic rings. The van der Waals surface area contributed by atoms with E-state index < -0.39 is 5.25 Å². The van der Waals surface area contributed by atoms with Crippen molar-refractivity contribution in [2.75, 3.05) is 0 Å². The van der Waals surface area contributed by atoms with Crippen LogP contribution in [0.4, 0.5) is 0 Å². The minimum absolute atomic E-state index is 0.0399. The quantitative estimate of drug-likeness (QED) is 0.416. The topological polar surface area (TPSA) is 43.4 Å². The van der Waals surface area contributed by atoms with Crippen LogP contribution in [0.2, 0.25) is 0 Å². The summed E-state index contributed by atoms with van der Waals surface area (Å²) in [6, 6.07) is 17.6. The van der Waals surface area contributed by atoms with Gasteiger partial charge in [-0.05, 0) is 30.4 Å². The van der Waals surface area contributed by atoms with Crippen LogP contribution in [0.5, 0.6) is 0 Å². The number of Topliss-reactive ketones (excluding diaryl/α,β-unsaturated/α-hetero) is 1. The molecule has 0 aromatic heterocycles. The Morgan fingerprint density at radius 2 is 1.57 bits per heavy atom. The molecule has 0 bridgehead atoms. The van der Waals surface area contributed by atoms with Gasteiger partial charge < -0.3 is 4.74 Å². The van der Waals surface area contributed by atoms with E-state index >= 15 is 0 Å². The van der Waals surface area contributed by atoms with Gasteiger partial charge in [-0.3, -0.25) is 9.59 Å². The maximum atomic E-state index is 12.6. The summed E-state index contributed by atoms with van der Waals surface area (Å²) in [7, 11) is 0. The van der Waals surface area contributed by atoms with Crippen molar-refractivity contribution in [3.8, 4) is 0 Å². The summed E-state index contributed by atoms with van der Waals surface area (Å²) in [5.41, 5.74) is 3.14. The number of ketones is 1. The predicted molar refractivity (Wildman–Crippen MR) is 117 cm³/mol. The highest BCUT2D eigenvalue weighted by atomic mass is 32.2. The first kappa shape index (κ1) is 22.2. The lowest BCUT2D eigenvalue weighted by molar-refractivity contribution is -0.146. The number of hydrogen-bond donors (Lipinski definition) is 0. The van der Waals surface area contributed by atoms with E-state index in [4.69, 9.17) is 4.74 Å². The number of hydrogen-bond acceptors (Lipinski definition) is 4. The number of ether oxygens (including phenoxy) is 1.